The van der Waals surface area contributed by atoms with Gasteiger partial charge in [-0.05, 0) is 24.3 Å². The summed E-state index contributed by atoms with van der Waals surface area (Å²) in [5.41, 5.74) is 6.00. The Labute approximate surface area is 149 Å². The Hall–Kier alpha value is -2.79. The predicted octanol–water partition coefficient (Wildman–Crippen LogP) is 4.43. The number of H-pyrrole nitrogens is 1. The molecule has 0 atom stereocenters. The second-order valence-electron chi connectivity index (χ2n) is 6.18. The van der Waals surface area contributed by atoms with E-state index >= 15 is 0 Å². The summed E-state index contributed by atoms with van der Waals surface area (Å²) >= 11 is 6.14. The fraction of sp³-hybridized carbons (Fsp3) is 0.158. The number of oxazole rings is 1. The van der Waals surface area contributed by atoms with Crippen LogP contribution in [0.15, 0.2) is 52.9 Å². The number of nitrogens with one attached hydrogen (secondary N) is 1. The van der Waals surface area contributed by atoms with Gasteiger partial charge in [-0.15, -0.1) is 0 Å². The lowest BCUT2D eigenvalue weighted by Crippen LogP contribution is -2.30. The van der Waals surface area contributed by atoms with E-state index in [0.29, 0.717) is 17.6 Å². The number of halogens is 1. The highest BCUT2D eigenvalue weighted by Crippen LogP contribution is 2.32. The van der Waals surface area contributed by atoms with Gasteiger partial charge in [-0.2, -0.15) is 10.1 Å². The maximum atomic E-state index is 6.14. The molecule has 124 valence electrons. The van der Waals surface area contributed by atoms with Gasteiger partial charge in [0.15, 0.2) is 5.58 Å². The molecule has 0 aliphatic carbocycles. The van der Waals surface area contributed by atoms with Crippen molar-refractivity contribution < 1.29 is 4.42 Å². The Kier molecular flexibility index (Phi) is 3.28. The third-order valence-electron chi connectivity index (χ3n) is 4.58. The lowest BCUT2D eigenvalue weighted by atomic mass is 10.0. The number of hydrogen-bond donors (Lipinski definition) is 1. The summed E-state index contributed by atoms with van der Waals surface area (Å²) in [6.07, 6.45) is 0.877. The van der Waals surface area contributed by atoms with Gasteiger partial charge in [0.2, 0.25) is 0 Å². The molecular formula is C19H15ClN4O. The van der Waals surface area contributed by atoms with E-state index in [2.05, 4.69) is 20.1 Å². The first-order chi connectivity index (χ1) is 12.3. The minimum atomic E-state index is 0.657. The van der Waals surface area contributed by atoms with Gasteiger partial charge in [-0.3, -0.25) is 5.10 Å². The van der Waals surface area contributed by atoms with Crippen molar-refractivity contribution in [1.29, 1.82) is 0 Å². The molecule has 6 heteroatoms. The van der Waals surface area contributed by atoms with Crippen LogP contribution in [0.25, 0.3) is 22.4 Å². The first kappa shape index (κ1) is 14.5. The van der Waals surface area contributed by atoms with Crippen LogP contribution in [0.4, 0.5) is 6.01 Å². The van der Waals surface area contributed by atoms with Crippen LogP contribution in [-0.2, 0) is 13.0 Å². The number of para-hydroxylation sites is 2. The molecule has 0 bridgehead atoms. The Bertz CT molecular complexity index is 1040. The second-order valence-corrected chi connectivity index (χ2v) is 6.61. The highest BCUT2D eigenvalue weighted by Gasteiger charge is 2.25. The molecular weight excluding hydrogens is 336 g/mol. The average Bonchev–Trinajstić information content (AvgIpc) is 3.25. The summed E-state index contributed by atoms with van der Waals surface area (Å²) in [6.45, 7) is 1.55. The maximum Gasteiger partial charge on any atom is 0.298 e. The van der Waals surface area contributed by atoms with Crippen molar-refractivity contribution in [3.8, 4) is 11.3 Å². The van der Waals surface area contributed by atoms with E-state index in [4.69, 9.17) is 16.0 Å². The van der Waals surface area contributed by atoms with E-state index in [-0.39, 0.29) is 0 Å². The Morgan fingerprint density at radius 1 is 1.12 bits per heavy atom. The Morgan fingerprint density at radius 3 is 2.92 bits per heavy atom. The van der Waals surface area contributed by atoms with Crippen molar-refractivity contribution in [2.24, 2.45) is 0 Å². The zero-order valence-electron chi connectivity index (χ0n) is 13.4. The number of hydrogen-bond acceptors (Lipinski definition) is 4. The standard InChI is InChI=1S/C19H15ClN4O/c20-13-5-3-4-12(10-13)18-14-11-24(9-8-15(14)22-23-18)19-21-16-6-1-2-7-17(16)25-19/h1-7,10H,8-9,11H2,(H,22,23). The molecule has 2 aromatic carbocycles. The highest BCUT2D eigenvalue weighted by molar-refractivity contribution is 6.30. The summed E-state index contributed by atoms with van der Waals surface area (Å²) in [7, 11) is 0. The fourth-order valence-electron chi connectivity index (χ4n) is 3.33. The van der Waals surface area contributed by atoms with Crippen LogP contribution < -0.4 is 4.90 Å². The second kappa shape index (κ2) is 5.63. The number of aromatic amines is 1. The smallest absolute Gasteiger partial charge is 0.298 e. The van der Waals surface area contributed by atoms with E-state index in [1.807, 2.05) is 48.5 Å². The molecule has 0 radical (unpaired) electrons. The zero-order valence-corrected chi connectivity index (χ0v) is 14.1. The van der Waals surface area contributed by atoms with Crippen molar-refractivity contribution >= 4 is 28.7 Å². The molecule has 0 amide bonds. The van der Waals surface area contributed by atoms with E-state index in [0.717, 1.165) is 35.3 Å². The van der Waals surface area contributed by atoms with Crippen LogP contribution in [0.3, 0.4) is 0 Å². The number of rotatable bonds is 2. The number of anilines is 1. The molecule has 1 N–H and O–H groups in total. The number of benzene rings is 2. The topological polar surface area (TPSA) is 58.0 Å². The molecule has 1 aliphatic heterocycles. The minimum absolute atomic E-state index is 0.657. The summed E-state index contributed by atoms with van der Waals surface area (Å²) in [4.78, 5) is 6.78. The summed E-state index contributed by atoms with van der Waals surface area (Å²) in [5, 5.41) is 8.40. The van der Waals surface area contributed by atoms with Gasteiger partial charge in [0.25, 0.3) is 6.01 Å². The van der Waals surface area contributed by atoms with Gasteiger partial charge in [0.1, 0.15) is 5.52 Å². The van der Waals surface area contributed by atoms with Gasteiger partial charge in [-0.1, -0.05) is 35.9 Å². The van der Waals surface area contributed by atoms with Gasteiger partial charge in [0, 0.05) is 34.8 Å². The van der Waals surface area contributed by atoms with Gasteiger partial charge in [0.05, 0.1) is 12.2 Å². The fourth-order valence-corrected chi connectivity index (χ4v) is 3.52. The summed E-state index contributed by atoms with van der Waals surface area (Å²) in [5.74, 6) is 0. The van der Waals surface area contributed by atoms with Crippen molar-refractivity contribution in [1.82, 2.24) is 15.2 Å². The van der Waals surface area contributed by atoms with E-state index in [1.54, 1.807) is 0 Å². The van der Waals surface area contributed by atoms with E-state index in [1.165, 1.54) is 11.3 Å². The van der Waals surface area contributed by atoms with Gasteiger partial charge in [-0.25, -0.2) is 0 Å². The molecule has 5 rings (SSSR count). The van der Waals surface area contributed by atoms with Crippen LogP contribution >= 0.6 is 11.6 Å². The normalized spacial score (nSPS) is 14.0. The Balaban J connectivity index is 1.52. The molecule has 1 aliphatic rings. The summed E-state index contributed by atoms with van der Waals surface area (Å²) in [6, 6.07) is 16.3. The number of nitrogens with zero attached hydrogens (tertiary/aromatic N) is 3. The third-order valence-corrected chi connectivity index (χ3v) is 4.82. The lowest BCUT2D eigenvalue weighted by molar-refractivity contribution is 0.553. The Morgan fingerprint density at radius 2 is 2.04 bits per heavy atom. The largest absolute Gasteiger partial charge is 0.423 e. The van der Waals surface area contributed by atoms with Crippen LogP contribution in [0.5, 0.6) is 0 Å². The molecule has 0 saturated heterocycles. The van der Waals surface area contributed by atoms with Crippen LogP contribution in [0, 0.1) is 0 Å². The molecule has 2 aromatic heterocycles. The number of fused-ring (bicyclic) bond motifs is 2. The first-order valence-electron chi connectivity index (χ1n) is 8.20. The molecule has 0 unspecified atom stereocenters. The van der Waals surface area contributed by atoms with Crippen molar-refractivity contribution in [2.75, 3.05) is 11.4 Å². The van der Waals surface area contributed by atoms with Crippen molar-refractivity contribution in [2.45, 2.75) is 13.0 Å². The molecule has 0 fully saturated rings. The quantitative estimate of drug-likeness (QED) is 0.581. The maximum absolute atomic E-state index is 6.14. The van der Waals surface area contributed by atoms with Crippen LogP contribution in [0.2, 0.25) is 5.02 Å². The predicted molar refractivity (Wildman–Crippen MR) is 97.8 cm³/mol. The number of aromatic nitrogens is 3. The van der Waals surface area contributed by atoms with E-state index < -0.39 is 0 Å². The minimum Gasteiger partial charge on any atom is -0.423 e. The van der Waals surface area contributed by atoms with Crippen molar-refractivity contribution in [3.63, 3.8) is 0 Å². The SMILES string of the molecule is Clc1cccc(-c2n[nH]c3c2CN(c2nc4ccccc4o2)CC3)c1. The zero-order chi connectivity index (χ0) is 16.8. The highest BCUT2D eigenvalue weighted by atomic mass is 35.5. The first-order valence-corrected chi connectivity index (χ1v) is 8.58. The molecule has 3 heterocycles. The molecule has 25 heavy (non-hydrogen) atoms. The van der Waals surface area contributed by atoms with Crippen molar-refractivity contribution in [3.05, 3.63) is 64.8 Å². The molecule has 0 spiro atoms. The van der Waals surface area contributed by atoms with Gasteiger partial charge < -0.3 is 9.32 Å². The average molecular weight is 351 g/mol. The monoisotopic (exact) mass is 350 g/mol. The lowest BCUT2D eigenvalue weighted by Gasteiger charge is -2.25. The van der Waals surface area contributed by atoms with Crippen LogP contribution in [0.1, 0.15) is 11.3 Å². The van der Waals surface area contributed by atoms with Gasteiger partial charge >= 0.3 is 0 Å². The molecule has 5 nitrogen and oxygen atoms in total. The van der Waals surface area contributed by atoms with E-state index in [9.17, 15) is 0 Å². The molecule has 4 aromatic rings. The van der Waals surface area contributed by atoms with Crippen LogP contribution in [-0.4, -0.2) is 21.7 Å². The third kappa shape index (κ3) is 2.48. The molecule has 0 saturated carbocycles. The summed E-state index contributed by atoms with van der Waals surface area (Å²) < 4.78 is 5.93.